The summed E-state index contributed by atoms with van der Waals surface area (Å²) in [6, 6.07) is 17.8. The molecular formula is C22H28N2O2. The number of hydrogen-bond donors (Lipinski definition) is 1. The number of hydrogen-bond acceptors (Lipinski definition) is 3. The van der Waals surface area contributed by atoms with Crippen LogP contribution in [0.15, 0.2) is 54.6 Å². The van der Waals surface area contributed by atoms with E-state index in [1.807, 2.05) is 36.4 Å². The molecule has 0 saturated carbocycles. The molecule has 4 heteroatoms. The van der Waals surface area contributed by atoms with Crippen molar-refractivity contribution in [3.05, 3.63) is 65.7 Å². The van der Waals surface area contributed by atoms with Gasteiger partial charge in [0.05, 0.1) is 0 Å². The molecular weight excluding hydrogens is 324 g/mol. The lowest BCUT2D eigenvalue weighted by Crippen LogP contribution is -2.36. The summed E-state index contributed by atoms with van der Waals surface area (Å²) < 4.78 is 5.70. The van der Waals surface area contributed by atoms with Gasteiger partial charge in [-0.1, -0.05) is 48.9 Å². The second kappa shape index (κ2) is 9.39. The second-order valence-electron chi connectivity index (χ2n) is 6.90. The molecule has 0 spiro atoms. The molecule has 0 aromatic heterocycles. The molecule has 1 aliphatic rings. The summed E-state index contributed by atoms with van der Waals surface area (Å²) in [4.78, 5) is 14.9. The number of benzene rings is 2. The number of nitrogens with zero attached hydrogens (tertiary/aromatic N) is 1. The molecule has 0 bridgehead atoms. The Hall–Kier alpha value is -2.33. The molecule has 1 aliphatic heterocycles. The lowest BCUT2D eigenvalue weighted by molar-refractivity contribution is -0.127. The van der Waals surface area contributed by atoms with E-state index in [1.54, 1.807) is 6.92 Å². The maximum atomic E-state index is 12.4. The van der Waals surface area contributed by atoms with Gasteiger partial charge < -0.3 is 10.1 Å². The van der Waals surface area contributed by atoms with E-state index in [-0.39, 0.29) is 5.91 Å². The molecule has 138 valence electrons. The fraction of sp³-hybridized carbons (Fsp3) is 0.409. The lowest BCUT2D eigenvalue weighted by Gasteiger charge is -2.27. The van der Waals surface area contributed by atoms with Crippen molar-refractivity contribution in [3.63, 3.8) is 0 Å². The van der Waals surface area contributed by atoms with Crippen LogP contribution in [0.5, 0.6) is 5.75 Å². The summed E-state index contributed by atoms with van der Waals surface area (Å²) in [5.41, 5.74) is 2.48. The Morgan fingerprint density at radius 1 is 1.00 bits per heavy atom. The highest BCUT2D eigenvalue weighted by Gasteiger charge is 2.16. The summed E-state index contributed by atoms with van der Waals surface area (Å²) in [5.74, 6) is 0.613. The van der Waals surface area contributed by atoms with Crippen molar-refractivity contribution >= 4 is 5.91 Å². The zero-order chi connectivity index (χ0) is 18.2. The van der Waals surface area contributed by atoms with E-state index in [1.165, 1.54) is 43.5 Å². The van der Waals surface area contributed by atoms with Crippen molar-refractivity contribution < 1.29 is 9.53 Å². The average Bonchev–Trinajstić information content (AvgIpc) is 2.68. The minimum Gasteiger partial charge on any atom is -0.481 e. The number of rotatable bonds is 7. The minimum atomic E-state index is -0.522. The van der Waals surface area contributed by atoms with Crippen LogP contribution in [-0.4, -0.2) is 30.0 Å². The maximum absolute atomic E-state index is 12.4. The van der Waals surface area contributed by atoms with Gasteiger partial charge in [-0.05, 0) is 56.1 Å². The molecule has 3 rings (SSSR count). The summed E-state index contributed by atoms with van der Waals surface area (Å²) in [6.45, 7) is 5.61. The van der Waals surface area contributed by atoms with Crippen molar-refractivity contribution in [2.45, 2.75) is 45.4 Å². The van der Waals surface area contributed by atoms with E-state index in [9.17, 15) is 4.79 Å². The number of nitrogens with one attached hydrogen (secondary N) is 1. The summed E-state index contributed by atoms with van der Waals surface area (Å²) in [7, 11) is 0. The molecule has 1 N–H and O–H groups in total. The van der Waals surface area contributed by atoms with Gasteiger partial charge in [0.2, 0.25) is 0 Å². The third-order valence-electron chi connectivity index (χ3n) is 4.84. The predicted octanol–water partition coefficient (Wildman–Crippen LogP) is 3.76. The van der Waals surface area contributed by atoms with Crippen molar-refractivity contribution in [2.75, 3.05) is 13.1 Å². The first kappa shape index (κ1) is 18.5. The van der Waals surface area contributed by atoms with Crippen LogP contribution in [0.4, 0.5) is 0 Å². The monoisotopic (exact) mass is 352 g/mol. The number of ether oxygens (including phenoxy) is 1. The van der Waals surface area contributed by atoms with Gasteiger partial charge in [-0.2, -0.15) is 0 Å². The van der Waals surface area contributed by atoms with Crippen LogP contribution in [0.2, 0.25) is 0 Å². The molecule has 0 unspecified atom stereocenters. The first-order valence-corrected chi connectivity index (χ1v) is 9.51. The highest BCUT2D eigenvalue weighted by Crippen LogP contribution is 2.16. The quantitative estimate of drug-likeness (QED) is 0.825. The molecule has 1 heterocycles. The minimum absolute atomic E-state index is 0.0957. The smallest absolute Gasteiger partial charge is 0.261 e. The molecule has 1 fully saturated rings. The van der Waals surface area contributed by atoms with Gasteiger partial charge in [0.15, 0.2) is 6.10 Å². The first-order valence-electron chi connectivity index (χ1n) is 9.51. The van der Waals surface area contributed by atoms with Gasteiger partial charge in [-0.3, -0.25) is 9.69 Å². The third-order valence-corrected chi connectivity index (χ3v) is 4.84. The van der Waals surface area contributed by atoms with Gasteiger partial charge in [0.25, 0.3) is 5.91 Å². The number of amides is 1. The molecule has 1 saturated heterocycles. The van der Waals surface area contributed by atoms with E-state index in [0.29, 0.717) is 12.3 Å². The lowest BCUT2D eigenvalue weighted by atomic mass is 10.0. The maximum Gasteiger partial charge on any atom is 0.261 e. The Morgan fingerprint density at radius 2 is 1.65 bits per heavy atom. The topological polar surface area (TPSA) is 41.6 Å². The SMILES string of the molecule is C[C@H](Oc1ccccc1)C(=O)NCc1ccccc1CN1CCCCC1. The van der Waals surface area contributed by atoms with E-state index >= 15 is 0 Å². The highest BCUT2D eigenvalue weighted by molar-refractivity contribution is 5.80. The Morgan fingerprint density at radius 3 is 2.38 bits per heavy atom. The van der Waals surface area contributed by atoms with Crippen molar-refractivity contribution in [3.8, 4) is 5.75 Å². The molecule has 4 nitrogen and oxygen atoms in total. The van der Waals surface area contributed by atoms with Gasteiger partial charge >= 0.3 is 0 Å². The molecule has 2 aromatic carbocycles. The van der Waals surface area contributed by atoms with Crippen LogP contribution >= 0.6 is 0 Å². The molecule has 0 radical (unpaired) electrons. The van der Waals surface area contributed by atoms with Crippen LogP contribution in [0, 0.1) is 0 Å². The summed E-state index contributed by atoms with van der Waals surface area (Å²) in [6.07, 6.45) is 3.39. The van der Waals surface area contributed by atoms with E-state index < -0.39 is 6.10 Å². The number of carbonyl (C=O) groups excluding carboxylic acids is 1. The normalized spacial score (nSPS) is 16.0. The fourth-order valence-corrected chi connectivity index (χ4v) is 3.33. The number of likely N-dealkylation sites (tertiary alicyclic amines) is 1. The van der Waals surface area contributed by atoms with Crippen LogP contribution in [0.25, 0.3) is 0 Å². The summed E-state index contributed by atoms with van der Waals surface area (Å²) in [5, 5.41) is 3.01. The van der Waals surface area contributed by atoms with E-state index in [2.05, 4.69) is 28.4 Å². The number of para-hydroxylation sites is 1. The molecule has 1 amide bonds. The Kier molecular flexibility index (Phi) is 6.67. The van der Waals surface area contributed by atoms with Crippen molar-refractivity contribution in [1.82, 2.24) is 10.2 Å². The van der Waals surface area contributed by atoms with Crippen molar-refractivity contribution in [1.29, 1.82) is 0 Å². The van der Waals surface area contributed by atoms with Gasteiger partial charge in [0.1, 0.15) is 5.75 Å². The predicted molar refractivity (Wildman–Crippen MR) is 104 cm³/mol. The van der Waals surface area contributed by atoms with E-state index in [4.69, 9.17) is 4.74 Å². The Labute approximate surface area is 156 Å². The third kappa shape index (κ3) is 5.33. The van der Waals surface area contributed by atoms with E-state index in [0.717, 1.165) is 6.54 Å². The van der Waals surface area contributed by atoms with Gasteiger partial charge in [0, 0.05) is 13.1 Å². The van der Waals surface area contributed by atoms with Crippen LogP contribution in [0.3, 0.4) is 0 Å². The Balaban J connectivity index is 1.54. The van der Waals surface area contributed by atoms with Crippen LogP contribution < -0.4 is 10.1 Å². The summed E-state index contributed by atoms with van der Waals surface area (Å²) >= 11 is 0. The zero-order valence-corrected chi connectivity index (χ0v) is 15.5. The average molecular weight is 352 g/mol. The molecule has 26 heavy (non-hydrogen) atoms. The van der Waals surface area contributed by atoms with Crippen molar-refractivity contribution in [2.24, 2.45) is 0 Å². The van der Waals surface area contributed by atoms with Crippen LogP contribution in [0.1, 0.15) is 37.3 Å². The molecule has 0 aliphatic carbocycles. The molecule has 1 atom stereocenters. The molecule has 2 aromatic rings. The standard InChI is InChI=1S/C22H28N2O2/c1-18(26-21-12-4-2-5-13-21)22(25)23-16-19-10-6-7-11-20(19)17-24-14-8-3-9-15-24/h2,4-7,10-13,18H,3,8-9,14-17H2,1H3,(H,23,25)/t18-/m0/s1. The fourth-order valence-electron chi connectivity index (χ4n) is 3.33. The number of piperidine rings is 1. The van der Waals surface area contributed by atoms with Crippen LogP contribution in [-0.2, 0) is 17.9 Å². The largest absolute Gasteiger partial charge is 0.481 e. The zero-order valence-electron chi connectivity index (χ0n) is 15.5. The van der Waals surface area contributed by atoms with Gasteiger partial charge in [-0.15, -0.1) is 0 Å². The highest BCUT2D eigenvalue weighted by atomic mass is 16.5. The Bertz CT molecular complexity index is 696. The second-order valence-corrected chi connectivity index (χ2v) is 6.90. The van der Waals surface area contributed by atoms with Gasteiger partial charge in [-0.25, -0.2) is 0 Å². The number of carbonyl (C=O) groups is 1. The first-order chi connectivity index (χ1) is 12.7.